The maximum atomic E-state index is 12.9. The van der Waals surface area contributed by atoms with Gasteiger partial charge in [0.25, 0.3) is 0 Å². The monoisotopic (exact) mass is 429 g/mol. The molecule has 1 amide bonds. The topological polar surface area (TPSA) is 86.1 Å². The van der Waals surface area contributed by atoms with Crippen LogP contribution in [0.2, 0.25) is 0 Å². The molecule has 166 valence electrons. The summed E-state index contributed by atoms with van der Waals surface area (Å²) in [6.45, 7) is 4.14. The Morgan fingerprint density at radius 3 is 2.50 bits per heavy atom. The standard InChI is InChI=1S/C27H31N3O2/c1-3-7-17(4-2)27(32)30-23-14-15-24-25(22(23)16-28)20-8-5-6-9-21(20)26(29-24)18-10-12-19(31)13-11-18/h10-17,28,31H,3-9H2,1-2H3,(H,30,32). The summed E-state index contributed by atoms with van der Waals surface area (Å²) < 4.78 is 0. The van der Waals surface area contributed by atoms with Gasteiger partial charge in [-0.2, -0.15) is 0 Å². The third kappa shape index (κ3) is 4.12. The van der Waals surface area contributed by atoms with E-state index in [1.807, 2.05) is 31.2 Å². The van der Waals surface area contributed by atoms with Crippen LogP contribution in [0.5, 0.6) is 5.75 Å². The number of pyridine rings is 1. The van der Waals surface area contributed by atoms with Gasteiger partial charge < -0.3 is 15.8 Å². The second-order valence-electron chi connectivity index (χ2n) is 8.62. The number of anilines is 1. The van der Waals surface area contributed by atoms with Gasteiger partial charge in [-0.05, 0) is 86.1 Å². The van der Waals surface area contributed by atoms with Crippen molar-refractivity contribution in [2.45, 2.75) is 58.8 Å². The minimum absolute atomic E-state index is 0.0156. The zero-order valence-electron chi connectivity index (χ0n) is 18.9. The molecule has 1 aliphatic rings. The van der Waals surface area contributed by atoms with Gasteiger partial charge in [0.1, 0.15) is 5.75 Å². The summed E-state index contributed by atoms with van der Waals surface area (Å²) in [6, 6.07) is 11.0. The number of phenols is 1. The summed E-state index contributed by atoms with van der Waals surface area (Å²) in [5.41, 5.74) is 6.67. The van der Waals surface area contributed by atoms with Crippen molar-refractivity contribution in [3.63, 3.8) is 0 Å². The average molecular weight is 430 g/mol. The molecule has 5 nitrogen and oxygen atoms in total. The quantitative estimate of drug-likeness (QED) is 0.388. The van der Waals surface area contributed by atoms with Gasteiger partial charge in [0.05, 0.1) is 16.9 Å². The molecule has 3 aromatic rings. The maximum absolute atomic E-state index is 12.9. The summed E-state index contributed by atoms with van der Waals surface area (Å²) in [5, 5.41) is 22.0. The van der Waals surface area contributed by atoms with Crippen LogP contribution in [0, 0.1) is 11.3 Å². The number of aromatic hydroxyl groups is 1. The number of aryl methyl sites for hydroxylation is 1. The number of hydrogen-bond acceptors (Lipinski definition) is 4. The van der Waals surface area contributed by atoms with Crippen molar-refractivity contribution in [3.8, 4) is 17.0 Å². The van der Waals surface area contributed by atoms with Crippen LogP contribution in [0.1, 0.15) is 62.6 Å². The fourth-order valence-electron chi connectivity index (χ4n) is 4.87. The Labute approximate surface area is 189 Å². The zero-order valence-corrected chi connectivity index (χ0v) is 18.9. The first-order valence-electron chi connectivity index (χ1n) is 11.7. The van der Waals surface area contributed by atoms with Gasteiger partial charge in [-0.3, -0.25) is 4.79 Å². The highest BCUT2D eigenvalue weighted by Gasteiger charge is 2.23. The molecule has 1 atom stereocenters. The highest BCUT2D eigenvalue weighted by Crippen LogP contribution is 2.38. The molecular formula is C27H31N3O2. The summed E-state index contributed by atoms with van der Waals surface area (Å²) in [4.78, 5) is 17.9. The lowest BCUT2D eigenvalue weighted by atomic mass is 9.84. The molecule has 3 N–H and O–H groups in total. The Kier molecular flexibility index (Phi) is 6.54. The third-order valence-corrected chi connectivity index (χ3v) is 6.55. The van der Waals surface area contributed by atoms with Crippen molar-refractivity contribution in [3.05, 3.63) is 53.1 Å². The molecule has 0 saturated carbocycles. The van der Waals surface area contributed by atoms with Crippen LogP contribution < -0.4 is 5.32 Å². The van der Waals surface area contributed by atoms with Crippen LogP contribution >= 0.6 is 0 Å². The number of aromatic nitrogens is 1. The molecule has 5 heteroatoms. The number of nitrogens with one attached hydrogen (secondary N) is 2. The van der Waals surface area contributed by atoms with Crippen LogP contribution in [-0.2, 0) is 17.6 Å². The molecule has 0 spiro atoms. The largest absolute Gasteiger partial charge is 0.508 e. The van der Waals surface area contributed by atoms with Crippen molar-refractivity contribution < 1.29 is 9.90 Å². The van der Waals surface area contributed by atoms with E-state index < -0.39 is 0 Å². The number of carbonyl (C=O) groups excluding carboxylic acids is 1. The molecule has 0 radical (unpaired) electrons. The van der Waals surface area contributed by atoms with Crippen LogP contribution in [-0.4, -0.2) is 22.2 Å². The van der Waals surface area contributed by atoms with Gasteiger partial charge in [0, 0.05) is 28.6 Å². The molecule has 1 heterocycles. The SMILES string of the molecule is CCCC(CC)C(=O)Nc1ccc2nc(-c3ccc(O)cc3)c3c(c2c1C=N)CCCC3. The molecule has 2 aromatic carbocycles. The summed E-state index contributed by atoms with van der Waals surface area (Å²) in [6.07, 6.45) is 8.08. The number of benzene rings is 2. The number of rotatable bonds is 7. The summed E-state index contributed by atoms with van der Waals surface area (Å²) in [5.74, 6) is 0.251. The Hall–Kier alpha value is -3.21. The van der Waals surface area contributed by atoms with E-state index in [-0.39, 0.29) is 17.6 Å². The molecule has 4 rings (SSSR count). The molecule has 0 bridgehead atoms. The van der Waals surface area contributed by atoms with E-state index in [0.29, 0.717) is 5.69 Å². The molecule has 0 saturated heterocycles. The van der Waals surface area contributed by atoms with Crippen LogP contribution in [0.25, 0.3) is 22.2 Å². The van der Waals surface area contributed by atoms with Gasteiger partial charge in [-0.1, -0.05) is 20.3 Å². The normalized spacial score (nSPS) is 14.1. The van der Waals surface area contributed by atoms with Gasteiger partial charge in [0.15, 0.2) is 0 Å². The lowest BCUT2D eigenvalue weighted by molar-refractivity contribution is -0.120. The first kappa shape index (κ1) is 22.0. The fourth-order valence-corrected chi connectivity index (χ4v) is 4.87. The third-order valence-electron chi connectivity index (χ3n) is 6.55. The average Bonchev–Trinajstić information content (AvgIpc) is 2.82. The van der Waals surface area contributed by atoms with Crippen LogP contribution in [0.4, 0.5) is 5.69 Å². The van der Waals surface area contributed by atoms with E-state index in [0.717, 1.165) is 72.7 Å². The molecule has 1 aromatic heterocycles. The number of phenolic OH excluding ortho intramolecular Hbond substituents is 1. The molecular weight excluding hydrogens is 398 g/mol. The van der Waals surface area contributed by atoms with Gasteiger partial charge in [-0.25, -0.2) is 4.98 Å². The fraction of sp³-hybridized carbons (Fsp3) is 0.370. The van der Waals surface area contributed by atoms with Crippen LogP contribution in [0.15, 0.2) is 36.4 Å². The second kappa shape index (κ2) is 9.51. The molecule has 0 fully saturated rings. The van der Waals surface area contributed by atoms with Crippen molar-refractivity contribution in [2.75, 3.05) is 5.32 Å². The second-order valence-corrected chi connectivity index (χ2v) is 8.62. The lowest BCUT2D eigenvalue weighted by Crippen LogP contribution is -2.23. The number of hydrogen-bond donors (Lipinski definition) is 3. The van der Waals surface area contributed by atoms with Crippen molar-refractivity contribution in [2.24, 2.45) is 5.92 Å². The Bertz CT molecular complexity index is 1150. The first-order valence-corrected chi connectivity index (χ1v) is 11.7. The summed E-state index contributed by atoms with van der Waals surface area (Å²) in [7, 11) is 0. The smallest absolute Gasteiger partial charge is 0.227 e. The van der Waals surface area contributed by atoms with E-state index >= 15 is 0 Å². The van der Waals surface area contributed by atoms with Crippen LogP contribution in [0.3, 0.4) is 0 Å². The maximum Gasteiger partial charge on any atom is 0.227 e. The van der Waals surface area contributed by atoms with E-state index in [1.54, 1.807) is 12.1 Å². The molecule has 1 unspecified atom stereocenters. The van der Waals surface area contributed by atoms with E-state index in [4.69, 9.17) is 10.4 Å². The minimum Gasteiger partial charge on any atom is -0.508 e. The molecule has 1 aliphatic carbocycles. The highest BCUT2D eigenvalue weighted by molar-refractivity contribution is 6.09. The lowest BCUT2D eigenvalue weighted by Gasteiger charge is -2.23. The Morgan fingerprint density at radius 1 is 1.12 bits per heavy atom. The van der Waals surface area contributed by atoms with Gasteiger partial charge in [-0.15, -0.1) is 0 Å². The number of fused-ring (bicyclic) bond motifs is 3. The van der Waals surface area contributed by atoms with Gasteiger partial charge >= 0.3 is 0 Å². The number of nitrogens with zero attached hydrogens (tertiary/aromatic N) is 1. The summed E-state index contributed by atoms with van der Waals surface area (Å²) >= 11 is 0. The van der Waals surface area contributed by atoms with E-state index in [1.165, 1.54) is 17.3 Å². The molecule has 0 aliphatic heterocycles. The Balaban J connectivity index is 1.86. The first-order chi connectivity index (χ1) is 15.6. The van der Waals surface area contributed by atoms with E-state index in [9.17, 15) is 9.90 Å². The minimum atomic E-state index is -0.0156. The predicted octanol–water partition coefficient (Wildman–Crippen LogP) is 6.25. The number of carbonyl (C=O) groups is 1. The number of amides is 1. The van der Waals surface area contributed by atoms with Crippen molar-refractivity contribution in [1.29, 1.82) is 5.41 Å². The zero-order chi connectivity index (χ0) is 22.7. The van der Waals surface area contributed by atoms with E-state index in [2.05, 4.69) is 12.2 Å². The van der Waals surface area contributed by atoms with Crippen molar-refractivity contribution in [1.82, 2.24) is 4.98 Å². The van der Waals surface area contributed by atoms with Crippen molar-refractivity contribution >= 4 is 28.7 Å². The highest BCUT2D eigenvalue weighted by atomic mass is 16.3. The molecule has 32 heavy (non-hydrogen) atoms. The van der Waals surface area contributed by atoms with Gasteiger partial charge in [0.2, 0.25) is 5.91 Å². The predicted molar refractivity (Wildman–Crippen MR) is 131 cm³/mol. The Morgan fingerprint density at radius 2 is 1.84 bits per heavy atom.